The van der Waals surface area contributed by atoms with Crippen LogP contribution in [0.1, 0.15) is 21.6 Å². The van der Waals surface area contributed by atoms with Crippen LogP contribution in [0.4, 0.5) is 0 Å². The molecule has 3 rings (SSSR count). The van der Waals surface area contributed by atoms with E-state index < -0.39 is 0 Å². The van der Waals surface area contributed by atoms with Gasteiger partial charge in [0, 0.05) is 30.2 Å². The van der Waals surface area contributed by atoms with E-state index in [-0.39, 0.29) is 5.91 Å². The third-order valence-electron chi connectivity index (χ3n) is 4.15. The number of para-hydroxylation sites is 1. The normalized spacial score (nSPS) is 10.7. The molecule has 0 saturated heterocycles. The maximum absolute atomic E-state index is 12.3. The first-order valence-electron chi connectivity index (χ1n) is 7.56. The highest BCUT2D eigenvalue weighted by atomic mass is 16.5. The number of rotatable bonds is 4. The SMILES string of the molecule is COc1ccccc1C(=O)NCc1ccc2c(c1)cc(C)n2C. The second-order valence-corrected chi connectivity index (χ2v) is 5.62. The van der Waals surface area contributed by atoms with Crippen molar-refractivity contribution < 1.29 is 9.53 Å². The highest BCUT2D eigenvalue weighted by molar-refractivity contribution is 5.96. The van der Waals surface area contributed by atoms with Gasteiger partial charge in [0.25, 0.3) is 5.91 Å². The van der Waals surface area contributed by atoms with E-state index in [0.29, 0.717) is 17.9 Å². The Kier molecular flexibility index (Phi) is 4.06. The van der Waals surface area contributed by atoms with Gasteiger partial charge in [0.15, 0.2) is 0 Å². The lowest BCUT2D eigenvalue weighted by atomic mass is 10.1. The highest BCUT2D eigenvalue weighted by Crippen LogP contribution is 2.20. The summed E-state index contributed by atoms with van der Waals surface area (Å²) in [6, 6.07) is 15.6. The van der Waals surface area contributed by atoms with Crippen LogP contribution in [0.2, 0.25) is 0 Å². The van der Waals surface area contributed by atoms with Crippen molar-refractivity contribution in [3.8, 4) is 5.75 Å². The van der Waals surface area contributed by atoms with E-state index in [2.05, 4.69) is 42.1 Å². The van der Waals surface area contributed by atoms with E-state index in [1.54, 1.807) is 19.2 Å². The Hall–Kier alpha value is -2.75. The number of aryl methyl sites for hydroxylation is 2. The van der Waals surface area contributed by atoms with Crippen LogP contribution >= 0.6 is 0 Å². The molecule has 0 radical (unpaired) electrons. The zero-order valence-electron chi connectivity index (χ0n) is 13.6. The quantitative estimate of drug-likeness (QED) is 0.802. The molecule has 118 valence electrons. The largest absolute Gasteiger partial charge is 0.496 e. The maximum atomic E-state index is 12.3. The van der Waals surface area contributed by atoms with Crippen molar-refractivity contribution in [1.82, 2.24) is 9.88 Å². The van der Waals surface area contributed by atoms with E-state index >= 15 is 0 Å². The van der Waals surface area contributed by atoms with Gasteiger partial charge in [-0.05, 0) is 42.8 Å². The number of ether oxygens (including phenoxy) is 1. The zero-order chi connectivity index (χ0) is 16.4. The molecule has 2 aromatic carbocycles. The van der Waals surface area contributed by atoms with Crippen molar-refractivity contribution in [2.75, 3.05) is 7.11 Å². The van der Waals surface area contributed by atoms with Crippen LogP contribution in [0.5, 0.6) is 5.75 Å². The summed E-state index contributed by atoms with van der Waals surface area (Å²) in [4.78, 5) is 12.3. The molecule has 1 amide bonds. The molecule has 0 fully saturated rings. The lowest BCUT2D eigenvalue weighted by Gasteiger charge is -2.09. The molecule has 4 nitrogen and oxygen atoms in total. The summed E-state index contributed by atoms with van der Waals surface area (Å²) in [6.07, 6.45) is 0. The molecule has 0 aliphatic rings. The minimum atomic E-state index is -0.133. The van der Waals surface area contributed by atoms with Crippen LogP contribution in [-0.2, 0) is 13.6 Å². The Balaban J connectivity index is 1.76. The van der Waals surface area contributed by atoms with Gasteiger partial charge < -0.3 is 14.6 Å². The lowest BCUT2D eigenvalue weighted by molar-refractivity contribution is 0.0948. The topological polar surface area (TPSA) is 43.3 Å². The third kappa shape index (κ3) is 2.93. The fourth-order valence-corrected chi connectivity index (χ4v) is 2.76. The number of fused-ring (bicyclic) bond motifs is 1. The Bertz CT molecular complexity index is 865. The minimum absolute atomic E-state index is 0.133. The van der Waals surface area contributed by atoms with Gasteiger partial charge in [-0.15, -0.1) is 0 Å². The van der Waals surface area contributed by atoms with Crippen molar-refractivity contribution in [3.05, 3.63) is 65.4 Å². The maximum Gasteiger partial charge on any atom is 0.255 e. The van der Waals surface area contributed by atoms with Crippen LogP contribution in [-0.4, -0.2) is 17.6 Å². The minimum Gasteiger partial charge on any atom is -0.496 e. The molecule has 1 N–H and O–H groups in total. The number of carbonyl (C=O) groups is 1. The monoisotopic (exact) mass is 308 g/mol. The van der Waals surface area contributed by atoms with Crippen molar-refractivity contribution in [3.63, 3.8) is 0 Å². The van der Waals surface area contributed by atoms with Gasteiger partial charge in [-0.2, -0.15) is 0 Å². The van der Waals surface area contributed by atoms with E-state index in [0.717, 1.165) is 5.56 Å². The predicted molar refractivity (Wildman–Crippen MR) is 91.8 cm³/mol. The average molecular weight is 308 g/mol. The summed E-state index contributed by atoms with van der Waals surface area (Å²) in [5.41, 5.74) is 4.04. The smallest absolute Gasteiger partial charge is 0.255 e. The number of nitrogens with one attached hydrogen (secondary N) is 1. The van der Waals surface area contributed by atoms with Crippen LogP contribution in [0.3, 0.4) is 0 Å². The second kappa shape index (κ2) is 6.16. The van der Waals surface area contributed by atoms with Crippen LogP contribution < -0.4 is 10.1 Å². The molecule has 0 aliphatic heterocycles. The van der Waals surface area contributed by atoms with E-state index in [9.17, 15) is 4.79 Å². The van der Waals surface area contributed by atoms with Crippen molar-refractivity contribution in [2.24, 2.45) is 7.05 Å². The fourth-order valence-electron chi connectivity index (χ4n) is 2.76. The third-order valence-corrected chi connectivity index (χ3v) is 4.15. The predicted octanol–water partition coefficient (Wildman–Crippen LogP) is 3.43. The molecular weight excluding hydrogens is 288 g/mol. The molecule has 0 unspecified atom stereocenters. The van der Waals surface area contributed by atoms with Gasteiger partial charge in [-0.1, -0.05) is 18.2 Å². The van der Waals surface area contributed by atoms with Crippen molar-refractivity contribution >= 4 is 16.8 Å². The zero-order valence-corrected chi connectivity index (χ0v) is 13.6. The molecule has 0 saturated carbocycles. The van der Waals surface area contributed by atoms with Gasteiger partial charge in [0.1, 0.15) is 5.75 Å². The van der Waals surface area contributed by atoms with E-state index in [4.69, 9.17) is 4.74 Å². The number of carbonyl (C=O) groups excluding carboxylic acids is 1. The number of benzene rings is 2. The van der Waals surface area contributed by atoms with Crippen LogP contribution in [0.15, 0.2) is 48.5 Å². The number of hydrogen-bond donors (Lipinski definition) is 1. The number of aromatic nitrogens is 1. The molecule has 0 aliphatic carbocycles. The summed E-state index contributed by atoms with van der Waals surface area (Å²) in [7, 11) is 3.62. The summed E-state index contributed by atoms with van der Waals surface area (Å²) >= 11 is 0. The first kappa shape index (κ1) is 15.2. The van der Waals surface area contributed by atoms with Crippen molar-refractivity contribution in [1.29, 1.82) is 0 Å². The van der Waals surface area contributed by atoms with Crippen LogP contribution in [0, 0.1) is 6.92 Å². The summed E-state index contributed by atoms with van der Waals surface area (Å²) in [5.74, 6) is 0.450. The van der Waals surface area contributed by atoms with E-state index in [1.807, 2.05) is 18.2 Å². The van der Waals surface area contributed by atoms with Gasteiger partial charge in [0.05, 0.1) is 12.7 Å². The van der Waals surface area contributed by atoms with Gasteiger partial charge in [-0.25, -0.2) is 0 Å². The molecule has 1 heterocycles. The molecule has 4 heteroatoms. The first-order valence-corrected chi connectivity index (χ1v) is 7.56. The molecule has 0 bridgehead atoms. The molecule has 3 aromatic rings. The van der Waals surface area contributed by atoms with Gasteiger partial charge in [0.2, 0.25) is 0 Å². The Labute approximate surface area is 135 Å². The lowest BCUT2D eigenvalue weighted by Crippen LogP contribution is -2.23. The molecular formula is C19H20N2O2. The number of amides is 1. The Morgan fingerprint density at radius 3 is 2.74 bits per heavy atom. The molecule has 1 aromatic heterocycles. The summed E-state index contributed by atoms with van der Waals surface area (Å²) in [5, 5.41) is 4.14. The molecule has 23 heavy (non-hydrogen) atoms. The first-order chi connectivity index (χ1) is 11.1. The number of methoxy groups -OCH3 is 1. The number of hydrogen-bond acceptors (Lipinski definition) is 2. The van der Waals surface area contributed by atoms with Gasteiger partial charge in [-0.3, -0.25) is 4.79 Å². The highest BCUT2D eigenvalue weighted by Gasteiger charge is 2.11. The second-order valence-electron chi connectivity index (χ2n) is 5.62. The van der Waals surface area contributed by atoms with Crippen LogP contribution in [0.25, 0.3) is 10.9 Å². The number of nitrogens with zero attached hydrogens (tertiary/aromatic N) is 1. The van der Waals surface area contributed by atoms with Crippen molar-refractivity contribution in [2.45, 2.75) is 13.5 Å². The summed E-state index contributed by atoms with van der Waals surface area (Å²) < 4.78 is 7.39. The Morgan fingerprint density at radius 1 is 1.17 bits per heavy atom. The standard InChI is InChI=1S/C19H20N2O2/c1-13-10-15-11-14(8-9-17(15)21(13)2)12-20-19(22)16-6-4-5-7-18(16)23-3/h4-11H,12H2,1-3H3,(H,20,22). The fraction of sp³-hybridized carbons (Fsp3) is 0.211. The average Bonchev–Trinajstić information content (AvgIpc) is 2.86. The summed E-state index contributed by atoms with van der Waals surface area (Å²) in [6.45, 7) is 2.57. The van der Waals surface area contributed by atoms with Gasteiger partial charge >= 0.3 is 0 Å². The molecule has 0 spiro atoms. The molecule has 0 atom stereocenters. The Morgan fingerprint density at radius 2 is 1.96 bits per heavy atom. The van der Waals surface area contributed by atoms with E-state index in [1.165, 1.54) is 16.6 Å².